The lowest BCUT2D eigenvalue weighted by Gasteiger charge is -2.30. The summed E-state index contributed by atoms with van der Waals surface area (Å²) in [5.74, 6) is -1.29. The average molecular weight is 358 g/mol. The summed E-state index contributed by atoms with van der Waals surface area (Å²) in [7, 11) is 2.02. The van der Waals surface area contributed by atoms with Crippen molar-refractivity contribution in [2.45, 2.75) is 43.8 Å². The van der Waals surface area contributed by atoms with Gasteiger partial charge in [-0.05, 0) is 31.9 Å². The van der Waals surface area contributed by atoms with Crippen molar-refractivity contribution in [2.75, 3.05) is 20.1 Å². The fourth-order valence-electron chi connectivity index (χ4n) is 3.48. The number of aliphatic hydroxyl groups excluding tert-OH is 1. The molecule has 2 atom stereocenters. The van der Waals surface area contributed by atoms with Gasteiger partial charge in [-0.25, -0.2) is 4.79 Å². The molecule has 2 aliphatic rings. The first-order valence-corrected chi connectivity index (χ1v) is 8.32. The summed E-state index contributed by atoms with van der Waals surface area (Å²) >= 11 is 0. The molecule has 1 aliphatic heterocycles. The Bertz CT molecular complexity index is 499. The number of carboxylic acid groups (broad SMARTS) is 1. The molecule has 0 aromatic heterocycles. The van der Waals surface area contributed by atoms with Crippen molar-refractivity contribution in [1.82, 2.24) is 4.90 Å². The van der Waals surface area contributed by atoms with E-state index >= 15 is 0 Å². The average Bonchev–Trinajstić information content (AvgIpc) is 3.20. The Morgan fingerprint density at radius 3 is 2.12 bits per heavy atom. The third-order valence-electron chi connectivity index (χ3n) is 4.85. The highest BCUT2D eigenvalue weighted by Crippen LogP contribution is 2.40. The van der Waals surface area contributed by atoms with Gasteiger partial charge in [-0.15, -0.1) is 12.4 Å². The Labute approximate surface area is 149 Å². The van der Waals surface area contributed by atoms with Crippen LogP contribution in [0.4, 0.5) is 0 Å². The minimum Gasteiger partial charge on any atom is -0.479 e. The summed E-state index contributed by atoms with van der Waals surface area (Å²) in [5, 5.41) is 28.6. The van der Waals surface area contributed by atoms with Gasteiger partial charge in [-0.1, -0.05) is 43.2 Å². The first kappa shape index (κ1) is 20.9. The summed E-state index contributed by atoms with van der Waals surface area (Å²) in [4.78, 5) is 13.5. The van der Waals surface area contributed by atoms with Gasteiger partial charge in [0.1, 0.15) is 0 Å². The van der Waals surface area contributed by atoms with Crippen molar-refractivity contribution in [3.8, 4) is 0 Å². The van der Waals surface area contributed by atoms with Crippen LogP contribution >= 0.6 is 12.4 Å². The lowest BCUT2D eigenvalue weighted by atomic mass is 9.80. The Balaban J connectivity index is 0.000000304. The highest BCUT2D eigenvalue weighted by atomic mass is 35.5. The van der Waals surface area contributed by atoms with E-state index in [4.69, 9.17) is 5.11 Å². The Morgan fingerprint density at radius 2 is 1.75 bits per heavy atom. The summed E-state index contributed by atoms with van der Waals surface area (Å²) in [6.07, 6.45) is 4.50. The van der Waals surface area contributed by atoms with E-state index in [0.717, 1.165) is 45.2 Å². The van der Waals surface area contributed by atoms with Gasteiger partial charge in [0.25, 0.3) is 0 Å². The van der Waals surface area contributed by atoms with Crippen LogP contribution in [0.3, 0.4) is 0 Å². The van der Waals surface area contributed by atoms with Crippen LogP contribution in [0.15, 0.2) is 30.3 Å². The minimum absolute atomic E-state index is 0. The van der Waals surface area contributed by atoms with Crippen molar-refractivity contribution in [1.29, 1.82) is 0 Å². The first-order valence-electron chi connectivity index (χ1n) is 8.32. The van der Waals surface area contributed by atoms with Crippen LogP contribution in [0.25, 0.3) is 0 Å². The number of carboxylic acids is 1. The van der Waals surface area contributed by atoms with Crippen molar-refractivity contribution in [2.24, 2.45) is 5.92 Å². The molecule has 0 spiro atoms. The van der Waals surface area contributed by atoms with Gasteiger partial charge in [0.2, 0.25) is 0 Å². The van der Waals surface area contributed by atoms with E-state index in [1.165, 1.54) is 0 Å². The molecule has 0 bridgehead atoms. The van der Waals surface area contributed by atoms with Crippen molar-refractivity contribution < 1.29 is 20.1 Å². The molecule has 1 heterocycles. The zero-order chi connectivity index (χ0) is 16.9. The molecule has 2 fully saturated rings. The van der Waals surface area contributed by atoms with E-state index in [0.29, 0.717) is 5.56 Å². The van der Waals surface area contributed by atoms with Crippen LogP contribution in [0.5, 0.6) is 0 Å². The third kappa shape index (κ3) is 4.93. The molecule has 2 unspecified atom stereocenters. The van der Waals surface area contributed by atoms with E-state index in [2.05, 4.69) is 4.90 Å². The molecule has 0 amide bonds. The standard InChI is InChI=1S/C13H16O3.C5H11NO.ClH/c14-12(15)13(16,11-8-4-5-9-11)10-6-2-1-3-7-10;1-6-3-2-5(7)4-6;/h1-3,6-7,11,16H,4-5,8-9H2,(H,14,15);5,7H,2-4H2,1H3;1H. The van der Waals surface area contributed by atoms with Crippen LogP contribution in [-0.2, 0) is 10.4 Å². The number of hydrogen-bond donors (Lipinski definition) is 3. The second-order valence-corrected chi connectivity index (χ2v) is 6.62. The molecule has 3 rings (SSSR count). The van der Waals surface area contributed by atoms with Crippen molar-refractivity contribution in [3.63, 3.8) is 0 Å². The molecule has 6 heteroatoms. The number of rotatable bonds is 3. The highest BCUT2D eigenvalue weighted by Gasteiger charge is 2.46. The van der Waals surface area contributed by atoms with Crippen LogP contribution < -0.4 is 0 Å². The fourth-order valence-corrected chi connectivity index (χ4v) is 3.48. The van der Waals surface area contributed by atoms with Gasteiger partial charge in [0.05, 0.1) is 6.10 Å². The minimum atomic E-state index is -1.71. The summed E-state index contributed by atoms with van der Waals surface area (Å²) in [5.41, 5.74) is -1.22. The molecule has 1 aliphatic carbocycles. The number of likely N-dealkylation sites (tertiary alicyclic amines) is 1. The van der Waals surface area contributed by atoms with E-state index in [1.807, 2.05) is 13.1 Å². The molecule has 1 aromatic carbocycles. The highest BCUT2D eigenvalue weighted by molar-refractivity contribution is 5.85. The second-order valence-electron chi connectivity index (χ2n) is 6.62. The number of nitrogens with zero attached hydrogens (tertiary/aromatic N) is 1. The summed E-state index contributed by atoms with van der Waals surface area (Å²) < 4.78 is 0. The first-order chi connectivity index (χ1) is 10.9. The van der Waals surface area contributed by atoms with E-state index < -0.39 is 11.6 Å². The zero-order valence-electron chi connectivity index (χ0n) is 14.1. The Morgan fingerprint density at radius 1 is 1.17 bits per heavy atom. The molecule has 0 radical (unpaired) electrons. The molecule has 24 heavy (non-hydrogen) atoms. The molecular weight excluding hydrogens is 330 g/mol. The van der Waals surface area contributed by atoms with Gasteiger partial charge in [0, 0.05) is 19.0 Å². The van der Waals surface area contributed by atoms with E-state index in [-0.39, 0.29) is 24.4 Å². The number of β-amino-alcohol motifs (C(OH)–C–C–N with tert-alkyl or cyclic N) is 1. The SMILES string of the molecule is CN1CCC(O)C1.Cl.O=C(O)C(O)(c1ccccc1)C1CCCC1. The van der Waals surface area contributed by atoms with Gasteiger partial charge < -0.3 is 20.2 Å². The van der Waals surface area contributed by atoms with Crippen LogP contribution in [0, 0.1) is 5.92 Å². The Hall–Kier alpha value is -1.14. The molecule has 1 saturated carbocycles. The van der Waals surface area contributed by atoms with Gasteiger partial charge in [-0.3, -0.25) is 0 Å². The quantitative estimate of drug-likeness (QED) is 0.773. The van der Waals surface area contributed by atoms with Gasteiger partial charge in [-0.2, -0.15) is 0 Å². The van der Waals surface area contributed by atoms with Gasteiger partial charge >= 0.3 is 5.97 Å². The maximum Gasteiger partial charge on any atom is 0.340 e. The normalized spacial score (nSPS) is 23.7. The van der Waals surface area contributed by atoms with E-state index in [1.54, 1.807) is 24.3 Å². The summed E-state index contributed by atoms with van der Waals surface area (Å²) in [6, 6.07) is 8.72. The second kappa shape index (κ2) is 9.37. The smallest absolute Gasteiger partial charge is 0.340 e. The van der Waals surface area contributed by atoms with Crippen molar-refractivity contribution >= 4 is 18.4 Å². The Kier molecular flexibility index (Phi) is 8.16. The van der Waals surface area contributed by atoms with Crippen LogP contribution in [-0.4, -0.2) is 52.4 Å². The topological polar surface area (TPSA) is 81.0 Å². The number of likely N-dealkylation sites (N-methyl/N-ethyl adjacent to an activating group) is 1. The predicted octanol–water partition coefficient (Wildman–Crippen LogP) is 2.25. The third-order valence-corrected chi connectivity index (χ3v) is 4.85. The number of hydrogen-bond acceptors (Lipinski definition) is 4. The predicted molar refractivity (Wildman–Crippen MR) is 95.3 cm³/mol. The lowest BCUT2D eigenvalue weighted by molar-refractivity contribution is -0.166. The molecule has 5 nitrogen and oxygen atoms in total. The number of benzene rings is 1. The van der Waals surface area contributed by atoms with Crippen LogP contribution in [0.2, 0.25) is 0 Å². The monoisotopic (exact) mass is 357 g/mol. The van der Waals surface area contributed by atoms with Crippen molar-refractivity contribution in [3.05, 3.63) is 35.9 Å². The molecule has 3 N–H and O–H groups in total. The lowest BCUT2D eigenvalue weighted by Crippen LogP contribution is -2.42. The molecule has 136 valence electrons. The molecular formula is C18H28ClNO4. The number of aliphatic carboxylic acids is 1. The number of carbonyl (C=O) groups is 1. The molecule has 1 saturated heterocycles. The van der Waals surface area contributed by atoms with Gasteiger partial charge in [0.15, 0.2) is 5.60 Å². The fraction of sp³-hybridized carbons (Fsp3) is 0.611. The maximum absolute atomic E-state index is 11.4. The number of aliphatic hydroxyl groups is 2. The number of halogens is 1. The van der Waals surface area contributed by atoms with E-state index in [9.17, 15) is 15.0 Å². The largest absolute Gasteiger partial charge is 0.479 e. The summed E-state index contributed by atoms with van der Waals surface area (Å²) in [6.45, 7) is 1.92. The van der Waals surface area contributed by atoms with Crippen LogP contribution in [0.1, 0.15) is 37.7 Å². The maximum atomic E-state index is 11.4. The zero-order valence-corrected chi connectivity index (χ0v) is 14.9. The molecule has 1 aromatic rings.